The second-order valence-corrected chi connectivity index (χ2v) is 8.19. The molecule has 6 nitrogen and oxygen atoms in total. The van der Waals surface area contributed by atoms with Crippen molar-refractivity contribution in [3.05, 3.63) is 53.7 Å². The SMILES string of the molecule is Cc1sc(Nc2cccnc2)nc1-c1ccc(NS(C)(=O)=O)cc1. The molecule has 0 atom stereocenters. The molecule has 2 N–H and O–H groups in total. The first-order chi connectivity index (χ1) is 11.4. The summed E-state index contributed by atoms with van der Waals surface area (Å²) in [6.45, 7) is 2.00. The third-order valence-corrected chi connectivity index (χ3v) is 4.66. The van der Waals surface area contributed by atoms with Crippen LogP contribution in [0.4, 0.5) is 16.5 Å². The van der Waals surface area contributed by atoms with Crippen LogP contribution in [-0.2, 0) is 10.0 Å². The van der Waals surface area contributed by atoms with E-state index in [1.54, 1.807) is 35.9 Å². The molecule has 3 rings (SSSR count). The van der Waals surface area contributed by atoms with E-state index < -0.39 is 10.0 Å². The minimum atomic E-state index is -3.27. The highest BCUT2D eigenvalue weighted by Crippen LogP contribution is 2.32. The fourth-order valence-corrected chi connectivity index (χ4v) is 3.61. The lowest BCUT2D eigenvalue weighted by Gasteiger charge is -2.05. The molecule has 0 amide bonds. The van der Waals surface area contributed by atoms with Crippen LogP contribution in [0, 0.1) is 6.92 Å². The van der Waals surface area contributed by atoms with Gasteiger partial charge >= 0.3 is 0 Å². The summed E-state index contributed by atoms with van der Waals surface area (Å²) >= 11 is 1.56. The number of aromatic nitrogens is 2. The van der Waals surface area contributed by atoms with Crippen LogP contribution in [0.3, 0.4) is 0 Å². The monoisotopic (exact) mass is 360 g/mol. The standard InChI is InChI=1S/C16H16N4O2S2/c1-11-15(12-5-7-13(8-6-12)20-24(2,21)22)19-16(23-11)18-14-4-3-9-17-10-14/h3-10,20H,1-2H3,(H,18,19). The Morgan fingerprint density at radius 2 is 1.83 bits per heavy atom. The van der Waals surface area contributed by atoms with Gasteiger partial charge in [0.15, 0.2) is 5.13 Å². The van der Waals surface area contributed by atoms with E-state index in [1.165, 1.54) is 0 Å². The molecule has 24 heavy (non-hydrogen) atoms. The predicted octanol–water partition coefficient (Wildman–Crippen LogP) is 3.63. The number of pyridine rings is 1. The minimum absolute atomic E-state index is 0.530. The Bertz CT molecular complexity index is 936. The largest absolute Gasteiger partial charge is 0.330 e. The molecular formula is C16H16N4O2S2. The van der Waals surface area contributed by atoms with Crippen LogP contribution >= 0.6 is 11.3 Å². The predicted molar refractivity (Wildman–Crippen MR) is 98.3 cm³/mol. The van der Waals surface area contributed by atoms with E-state index in [4.69, 9.17) is 0 Å². The van der Waals surface area contributed by atoms with E-state index in [9.17, 15) is 8.42 Å². The molecule has 2 aromatic heterocycles. The van der Waals surface area contributed by atoms with Crippen molar-refractivity contribution in [3.63, 3.8) is 0 Å². The summed E-state index contributed by atoms with van der Waals surface area (Å²) in [4.78, 5) is 9.76. The van der Waals surface area contributed by atoms with Crippen molar-refractivity contribution in [1.29, 1.82) is 0 Å². The first-order valence-electron chi connectivity index (χ1n) is 7.13. The van der Waals surface area contributed by atoms with Gasteiger partial charge < -0.3 is 5.32 Å². The van der Waals surface area contributed by atoms with Crippen molar-refractivity contribution in [3.8, 4) is 11.3 Å². The molecular weight excluding hydrogens is 344 g/mol. The van der Waals surface area contributed by atoms with Crippen molar-refractivity contribution >= 4 is 37.9 Å². The summed E-state index contributed by atoms with van der Waals surface area (Å²) in [6.07, 6.45) is 4.58. The maximum Gasteiger partial charge on any atom is 0.229 e. The Balaban J connectivity index is 1.82. The van der Waals surface area contributed by atoms with Crippen LogP contribution < -0.4 is 10.0 Å². The Hall–Kier alpha value is -2.45. The highest BCUT2D eigenvalue weighted by molar-refractivity contribution is 7.92. The number of aryl methyl sites for hydroxylation is 1. The number of hydrogen-bond acceptors (Lipinski definition) is 6. The highest BCUT2D eigenvalue weighted by Gasteiger charge is 2.11. The Labute approximate surface area is 144 Å². The third-order valence-electron chi connectivity index (χ3n) is 3.17. The van der Waals surface area contributed by atoms with Crippen LogP contribution in [0.1, 0.15) is 4.88 Å². The van der Waals surface area contributed by atoms with Crippen LogP contribution in [0.2, 0.25) is 0 Å². The molecule has 0 bridgehead atoms. The van der Waals surface area contributed by atoms with E-state index in [0.717, 1.165) is 33.2 Å². The van der Waals surface area contributed by atoms with Crippen LogP contribution in [-0.4, -0.2) is 24.6 Å². The van der Waals surface area contributed by atoms with Gasteiger partial charge in [0.1, 0.15) is 0 Å². The minimum Gasteiger partial charge on any atom is -0.330 e. The number of nitrogens with one attached hydrogen (secondary N) is 2. The number of rotatable bonds is 5. The quantitative estimate of drug-likeness (QED) is 0.726. The zero-order valence-electron chi connectivity index (χ0n) is 13.1. The number of anilines is 3. The lowest BCUT2D eigenvalue weighted by Crippen LogP contribution is -2.09. The summed E-state index contributed by atoms with van der Waals surface area (Å²) in [5, 5.41) is 4.02. The number of sulfonamides is 1. The highest BCUT2D eigenvalue weighted by atomic mass is 32.2. The van der Waals surface area contributed by atoms with E-state index in [2.05, 4.69) is 20.0 Å². The van der Waals surface area contributed by atoms with Crippen molar-refractivity contribution < 1.29 is 8.42 Å². The van der Waals surface area contributed by atoms with Gasteiger partial charge in [0.05, 0.1) is 23.8 Å². The summed E-state index contributed by atoms with van der Waals surface area (Å²) in [5.74, 6) is 0. The third kappa shape index (κ3) is 4.09. The zero-order valence-corrected chi connectivity index (χ0v) is 14.8. The van der Waals surface area contributed by atoms with Gasteiger partial charge in [-0.3, -0.25) is 9.71 Å². The normalized spacial score (nSPS) is 11.2. The van der Waals surface area contributed by atoms with Gasteiger partial charge in [-0.05, 0) is 31.2 Å². The number of nitrogens with zero attached hydrogens (tertiary/aromatic N) is 2. The second kappa shape index (κ2) is 6.58. The molecule has 0 unspecified atom stereocenters. The molecule has 8 heteroatoms. The van der Waals surface area contributed by atoms with Gasteiger partial charge in [0.2, 0.25) is 10.0 Å². The first kappa shape index (κ1) is 16.4. The molecule has 0 fully saturated rings. The lowest BCUT2D eigenvalue weighted by molar-refractivity contribution is 0.607. The van der Waals surface area contributed by atoms with Crippen molar-refractivity contribution in [2.75, 3.05) is 16.3 Å². The summed E-state index contributed by atoms with van der Waals surface area (Å²) in [5.41, 5.74) is 3.22. The Morgan fingerprint density at radius 1 is 1.08 bits per heavy atom. The molecule has 124 valence electrons. The number of benzene rings is 1. The average Bonchev–Trinajstić information content (AvgIpc) is 2.88. The fraction of sp³-hybridized carbons (Fsp3) is 0.125. The maximum atomic E-state index is 11.3. The van der Waals surface area contributed by atoms with Gasteiger partial charge in [-0.25, -0.2) is 13.4 Å². The van der Waals surface area contributed by atoms with Crippen molar-refractivity contribution in [2.24, 2.45) is 0 Å². The Kier molecular flexibility index (Phi) is 4.50. The molecule has 0 aliphatic heterocycles. The molecule has 2 heterocycles. The molecule has 0 radical (unpaired) electrons. The molecule has 1 aromatic carbocycles. The molecule has 0 aliphatic carbocycles. The molecule has 0 spiro atoms. The zero-order chi connectivity index (χ0) is 17.2. The topological polar surface area (TPSA) is 84.0 Å². The smallest absolute Gasteiger partial charge is 0.229 e. The van der Waals surface area contributed by atoms with Crippen molar-refractivity contribution in [2.45, 2.75) is 6.92 Å². The first-order valence-corrected chi connectivity index (χ1v) is 9.84. The van der Waals surface area contributed by atoms with E-state index in [0.29, 0.717) is 5.69 Å². The molecule has 0 saturated carbocycles. The average molecular weight is 360 g/mol. The summed E-state index contributed by atoms with van der Waals surface area (Å²) in [7, 11) is -3.27. The fourth-order valence-electron chi connectivity index (χ4n) is 2.19. The van der Waals surface area contributed by atoms with Crippen molar-refractivity contribution in [1.82, 2.24) is 9.97 Å². The number of thiazole rings is 1. The summed E-state index contributed by atoms with van der Waals surface area (Å²) in [6, 6.07) is 10.9. The lowest BCUT2D eigenvalue weighted by atomic mass is 10.1. The van der Waals surface area contributed by atoms with Crippen LogP contribution in [0.25, 0.3) is 11.3 Å². The van der Waals surface area contributed by atoms with Gasteiger partial charge in [-0.15, -0.1) is 11.3 Å². The molecule has 0 saturated heterocycles. The van der Waals surface area contributed by atoms with Gasteiger partial charge in [-0.2, -0.15) is 0 Å². The summed E-state index contributed by atoms with van der Waals surface area (Å²) < 4.78 is 25.0. The maximum absolute atomic E-state index is 11.3. The molecule has 3 aromatic rings. The molecule has 0 aliphatic rings. The van der Waals surface area contributed by atoms with Gasteiger partial charge in [0, 0.05) is 22.3 Å². The van der Waals surface area contributed by atoms with E-state index in [-0.39, 0.29) is 0 Å². The van der Waals surface area contributed by atoms with Gasteiger partial charge in [-0.1, -0.05) is 12.1 Å². The van der Waals surface area contributed by atoms with E-state index >= 15 is 0 Å². The van der Waals surface area contributed by atoms with Crippen LogP contribution in [0.15, 0.2) is 48.8 Å². The van der Waals surface area contributed by atoms with Gasteiger partial charge in [0.25, 0.3) is 0 Å². The van der Waals surface area contributed by atoms with E-state index in [1.807, 2.05) is 31.2 Å². The van der Waals surface area contributed by atoms with Crippen LogP contribution in [0.5, 0.6) is 0 Å². The Morgan fingerprint density at radius 3 is 2.46 bits per heavy atom. The second-order valence-electron chi connectivity index (χ2n) is 5.24. The number of hydrogen-bond donors (Lipinski definition) is 2.